The molecule has 1 aliphatic heterocycles. The van der Waals surface area contributed by atoms with E-state index in [0.29, 0.717) is 12.8 Å². The highest BCUT2D eigenvalue weighted by molar-refractivity contribution is 5.76. The molecule has 0 bridgehead atoms. The third kappa shape index (κ3) is 2.30. The molecule has 17 heavy (non-hydrogen) atoms. The lowest BCUT2D eigenvalue weighted by atomic mass is 10.0. The van der Waals surface area contributed by atoms with E-state index in [4.69, 9.17) is 0 Å². The zero-order valence-corrected chi connectivity index (χ0v) is 9.75. The Bertz CT molecular complexity index is 410. The molecule has 92 valence electrons. The van der Waals surface area contributed by atoms with Crippen LogP contribution in [0.1, 0.15) is 36.5 Å². The molecule has 1 saturated heterocycles. The van der Waals surface area contributed by atoms with E-state index >= 15 is 0 Å². The average Bonchev–Trinajstić information content (AvgIpc) is 2.30. The molecule has 2 rings (SSSR count). The molecule has 1 fully saturated rings. The minimum Gasteiger partial charge on any atom is -0.364 e. The molecule has 1 aliphatic rings. The molecule has 0 saturated carbocycles. The predicted octanol–water partition coefficient (Wildman–Crippen LogP) is 3.16. The van der Waals surface area contributed by atoms with Gasteiger partial charge >= 0.3 is 0 Å². The maximum atomic E-state index is 13.8. The molecule has 4 heteroatoms. The van der Waals surface area contributed by atoms with Gasteiger partial charge < -0.3 is 4.90 Å². The number of aldehydes is 1. The van der Waals surface area contributed by atoms with Crippen LogP contribution in [0.15, 0.2) is 12.1 Å². The van der Waals surface area contributed by atoms with Gasteiger partial charge in [0, 0.05) is 18.2 Å². The van der Waals surface area contributed by atoms with Gasteiger partial charge in [-0.2, -0.15) is 0 Å². The Morgan fingerprint density at radius 3 is 2.47 bits per heavy atom. The van der Waals surface area contributed by atoms with Gasteiger partial charge in [0.05, 0.1) is 0 Å². The Morgan fingerprint density at radius 1 is 1.29 bits per heavy atom. The molecular weight excluding hydrogens is 224 g/mol. The van der Waals surface area contributed by atoms with Gasteiger partial charge in [-0.1, -0.05) is 0 Å². The van der Waals surface area contributed by atoms with Crippen molar-refractivity contribution in [3.8, 4) is 0 Å². The van der Waals surface area contributed by atoms with Crippen molar-refractivity contribution < 1.29 is 13.6 Å². The molecule has 1 atom stereocenters. The van der Waals surface area contributed by atoms with E-state index in [0.717, 1.165) is 31.4 Å². The van der Waals surface area contributed by atoms with Crippen molar-refractivity contribution in [1.29, 1.82) is 0 Å². The van der Waals surface area contributed by atoms with Crippen molar-refractivity contribution in [2.75, 3.05) is 11.4 Å². The number of piperidine rings is 1. The SMILES string of the molecule is CC1CCCCN1c1c(F)cc(C=O)cc1F. The number of benzene rings is 1. The first-order valence-electron chi connectivity index (χ1n) is 5.84. The van der Waals surface area contributed by atoms with Crippen LogP contribution >= 0.6 is 0 Å². The summed E-state index contributed by atoms with van der Waals surface area (Å²) < 4.78 is 27.6. The third-order valence-electron chi connectivity index (χ3n) is 3.27. The van der Waals surface area contributed by atoms with Gasteiger partial charge in [0.1, 0.15) is 23.6 Å². The molecule has 1 aromatic rings. The molecule has 0 N–H and O–H groups in total. The standard InChI is InChI=1S/C13H15F2NO/c1-9-4-2-3-5-16(9)13-11(14)6-10(8-17)7-12(13)15/h6-9H,2-5H2,1H3. The Labute approximate surface area is 99.2 Å². The Kier molecular flexibility index (Phi) is 3.41. The van der Waals surface area contributed by atoms with Crippen LogP contribution in [0.4, 0.5) is 14.5 Å². The summed E-state index contributed by atoms with van der Waals surface area (Å²) >= 11 is 0. The summed E-state index contributed by atoms with van der Waals surface area (Å²) in [5.41, 5.74) is 0.0382. The van der Waals surface area contributed by atoms with Crippen LogP contribution in [-0.2, 0) is 0 Å². The highest BCUT2D eigenvalue weighted by atomic mass is 19.1. The van der Waals surface area contributed by atoms with Crippen LogP contribution in [-0.4, -0.2) is 18.9 Å². The van der Waals surface area contributed by atoms with Crippen LogP contribution in [0.3, 0.4) is 0 Å². The molecule has 0 radical (unpaired) electrons. The van der Waals surface area contributed by atoms with Gasteiger partial charge in [-0.05, 0) is 38.3 Å². The summed E-state index contributed by atoms with van der Waals surface area (Å²) in [4.78, 5) is 12.3. The lowest BCUT2D eigenvalue weighted by Gasteiger charge is -2.35. The lowest BCUT2D eigenvalue weighted by Crippen LogP contribution is -2.38. The highest BCUT2D eigenvalue weighted by Crippen LogP contribution is 2.30. The molecule has 0 spiro atoms. The zero-order chi connectivity index (χ0) is 12.4. The number of hydrogen-bond donors (Lipinski definition) is 0. The van der Waals surface area contributed by atoms with Crippen molar-refractivity contribution in [2.45, 2.75) is 32.2 Å². The van der Waals surface area contributed by atoms with E-state index in [9.17, 15) is 13.6 Å². The second-order valence-corrected chi connectivity index (χ2v) is 4.49. The van der Waals surface area contributed by atoms with Crippen LogP contribution in [0.25, 0.3) is 0 Å². The summed E-state index contributed by atoms with van der Waals surface area (Å²) in [6.07, 6.45) is 3.43. The topological polar surface area (TPSA) is 20.3 Å². The Hall–Kier alpha value is -1.45. The number of nitrogens with zero attached hydrogens (tertiary/aromatic N) is 1. The van der Waals surface area contributed by atoms with E-state index < -0.39 is 11.6 Å². The molecular formula is C13H15F2NO. The van der Waals surface area contributed by atoms with Gasteiger partial charge in [0.25, 0.3) is 0 Å². The Balaban J connectivity index is 2.40. The minimum absolute atomic E-state index is 0.00259. The maximum Gasteiger partial charge on any atom is 0.150 e. The van der Waals surface area contributed by atoms with Crippen molar-refractivity contribution in [2.24, 2.45) is 0 Å². The van der Waals surface area contributed by atoms with Crippen LogP contribution < -0.4 is 4.90 Å². The summed E-state index contributed by atoms with van der Waals surface area (Å²) in [5.74, 6) is -1.30. The van der Waals surface area contributed by atoms with E-state index in [2.05, 4.69) is 0 Å². The number of halogens is 2. The monoisotopic (exact) mass is 239 g/mol. The average molecular weight is 239 g/mol. The van der Waals surface area contributed by atoms with Crippen molar-refractivity contribution in [3.63, 3.8) is 0 Å². The molecule has 1 heterocycles. The molecule has 2 nitrogen and oxygen atoms in total. The van der Waals surface area contributed by atoms with E-state index in [-0.39, 0.29) is 17.3 Å². The molecule has 0 aliphatic carbocycles. The summed E-state index contributed by atoms with van der Waals surface area (Å²) in [6, 6.07) is 2.31. The quantitative estimate of drug-likeness (QED) is 0.739. The summed E-state index contributed by atoms with van der Waals surface area (Å²) in [5, 5.41) is 0. The largest absolute Gasteiger partial charge is 0.364 e. The number of hydrogen-bond acceptors (Lipinski definition) is 2. The number of rotatable bonds is 2. The van der Waals surface area contributed by atoms with Gasteiger partial charge in [0.2, 0.25) is 0 Å². The molecule has 0 aromatic heterocycles. The first-order chi connectivity index (χ1) is 8.13. The maximum absolute atomic E-state index is 13.8. The lowest BCUT2D eigenvalue weighted by molar-refractivity contribution is 0.112. The molecule has 0 amide bonds. The zero-order valence-electron chi connectivity index (χ0n) is 9.75. The van der Waals surface area contributed by atoms with Gasteiger partial charge in [-0.15, -0.1) is 0 Å². The van der Waals surface area contributed by atoms with Crippen LogP contribution in [0.5, 0.6) is 0 Å². The van der Waals surface area contributed by atoms with Gasteiger partial charge in [-0.3, -0.25) is 4.79 Å². The van der Waals surface area contributed by atoms with Crippen LogP contribution in [0, 0.1) is 11.6 Å². The summed E-state index contributed by atoms with van der Waals surface area (Å²) in [7, 11) is 0. The van der Waals surface area contributed by atoms with E-state index in [1.165, 1.54) is 0 Å². The number of anilines is 1. The normalized spacial score (nSPS) is 20.4. The molecule has 1 unspecified atom stereocenters. The smallest absolute Gasteiger partial charge is 0.150 e. The van der Waals surface area contributed by atoms with E-state index in [1.54, 1.807) is 4.90 Å². The fourth-order valence-corrected chi connectivity index (χ4v) is 2.36. The van der Waals surface area contributed by atoms with Gasteiger partial charge in [-0.25, -0.2) is 8.78 Å². The minimum atomic E-state index is -0.652. The highest BCUT2D eigenvalue weighted by Gasteiger charge is 2.24. The fraction of sp³-hybridized carbons (Fsp3) is 0.462. The molecule has 1 aromatic carbocycles. The van der Waals surface area contributed by atoms with Gasteiger partial charge in [0.15, 0.2) is 0 Å². The second kappa shape index (κ2) is 4.82. The number of carbonyl (C=O) groups excluding carboxylic acids is 1. The second-order valence-electron chi connectivity index (χ2n) is 4.49. The Morgan fingerprint density at radius 2 is 1.94 bits per heavy atom. The third-order valence-corrected chi connectivity index (χ3v) is 3.27. The first-order valence-corrected chi connectivity index (χ1v) is 5.84. The summed E-state index contributed by atoms with van der Waals surface area (Å²) in [6.45, 7) is 2.63. The van der Waals surface area contributed by atoms with Crippen molar-refractivity contribution >= 4 is 12.0 Å². The van der Waals surface area contributed by atoms with Crippen LogP contribution in [0.2, 0.25) is 0 Å². The number of carbonyl (C=O) groups is 1. The predicted molar refractivity (Wildman–Crippen MR) is 62.4 cm³/mol. The van der Waals surface area contributed by atoms with E-state index in [1.807, 2.05) is 6.92 Å². The first kappa shape index (κ1) is 12.0. The van der Waals surface area contributed by atoms with Crippen molar-refractivity contribution in [3.05, 3.63) is 29.3 Å². The fourth-order valence-electron chi connectivity index (χ4n) is 2.36. The van der Waals surface area contributed by atoms with Crippen molar-refractivity contribution in [1.82, 2.24) is 0 Å².